The summed E-state index contributed by atoms with van der Waals surface area (Å²) in [5.41, 5.74) is 1.97. The lowest BCUT2D eigenvalue weighted by Gasteiger charge is -2.40. The van der Waals surface area contributed by atoms with Crippen LogP contribution in [-0.4, -0.2) is 42.0 Å². The van der Waals surface area contributed by atoms with Crippen LogP contribution in [0, 0.1) is 5.41 Å². The van der Waals surface area contributed by atoms with Gasteiger partial charge < -0.3 is 14.2 Å². The first-order valence-corrected chi connectivity index (χ1v) is 10.7. The molecular formula is C21H23F3N4OS. The second kappa shape index (κ2) is 8.31. The van der Waals surface area contributed by atoms with E-state index in [1.807, 2.05) is 22.8 Å². The summed E-state index contributed by atoms with van der Waals surface area (Å²) < 4.78 is 44.2. The van der Waals surface area contributed by atoms with E-state index in [9.17, 15) is 13.2 Å². The highest BCUT2D eigenvalue weighted by Gasteiger charge is 2.31. The zero-order valence-electron chi connectivity index (χ0n) is 16.5. The zero-order valence-corrected chi connectivity index (χ0v) is 17.3. The van der Waals surface area contributed by atoms with Gasteiger partial charge in [-0.05, 0) is 36.8 Å². The standard InChI is InChI=1S/C21H23F3N4OS/c1-2-19(27-12-10-26(11-13-27)15-6-4-3-5-7-15)28-17-9-8-16(29-21(22,23)24)14-18(17)30-20(28)25/h3-9,14,19,25H,2,10-13H2,1H3. The summed E-state index contributed by atoms with van der Waals surface area (Å²) in [7, 11) is 0. The Kier molecular flexibility index (Phi) is 5.75. The molecule has 1 aliphatic rings. The van der Waals surface area contributed by atoms with E-state index in [0.29, 0.717) is 9.50 Å². The molecule has 2 heterocycles. The van der Waals surface area contributed by atoms with E-state index < -0.39 is 6.36 Å². The highest BCUT2D eigenvalue weighted by molar-refractivity contribution is 7.16. The minimum absolute atomic E-state index is 0.0152. The van der Waals surface area contributed by atoms with E-state index in [-0.39, 0.29) is 11.9 Å². The largest absolute Gasteiger partial charge is 0.573 e. The number of fused-ring (bicyclic) bond motifs is 1. The van der Waals surface area contributed by atoms with Crippen LogP contribution in [0.1, 0.15) is 19.5 Å². The second-order valence-electron chi connectivity index (χ2n) is 7.20. The van der Waals surface area contributed by atoms with E-state index in [0.717, 1.165) is 38.1 Å². The van der Waals surface area contributed by atoms with Crippen LogP contribution in [0.2, 0.25) is 0 Å². The van der Waals surface area contributed by atoms with Crippen LogP contribution in [0.5, 0.6) is 5.75 Å². The molecule has 30 heavy (non-hydrogen) atoms. The summed E-state index contributed by atoms with van der Waals surface area (Å²) in [5, 5.41) is 8.46. The number of hydrogen-bond donors (Lipinski definition) is 1. The number of anilines is 1. The lowest BCUT2D eigenvalue weighted by molar-refractivity contribution is -0.274. The number of nitrogens with one attached hydrogen (secondary N) is 1. The van der Waals surface area contributed by atoms with Gasteiger partial charge in [0.1, 0.15) is 5.75 Å². The Bertz CT molecular complexity index is 1060. The van der Waals surface area contributed by atoms with Crippen molar-refractivity contribution in [2.24, 2.45) is 0 Å². The summed E-state index contributed by atoms with van der Waals surface area (Å²) >= 11 is 1.17. The molecule has 9 heteroatoms. The summed E-state index contributed by atoms with van der Waals surface area (Å²) in [6.45, 7) is 5.56. The van der Waals surface area contributed by atoms with Crippen LogP contribution >= 0.6 is 11.3 Å². The number of aromatic nitrogens is 1. The van der Waals surface area contributed by atoms with Gasteiger partial charge in [-0.1, -0.05) is 36.5 Å². The molecule has 2 aromatic carbocycles. The fourth-order valence-electron chi connectivity index (χ4n) is 4.05. The van der Waals surface area contributed by atoms with Crippen molar-refractivity contribution in [1.29, 1.82) is 5.41 Å². The highest BCUT2D eigenvalue weighted by Crippen LogP contribution is 2.31. The van der Waals surface area contributed by atoms with Crippen molar-refractivity contribution in [2.45, 2.75) is 25.9 Å². The summed E-state index contributed by atoms with van der Waals surface area (Å²) in [6, 6.07) is 14.6. The molecule has 1 unspecified atom stereocenters. The van der Waals surface area contributed by atoms with Crippen molar-refractivity contribution in [3.8, 4) is 5.75 Å². The molecule has 0 aliphatic carbocycles. The molecule has 0 radical (unpaired) electrons. The Morgan fingerprint density at radius 2 is 1.77 bits per heavy atom. The maximum absolute atomic E-state index is 12.5. The molecular weight excluding hydrogens is 413 g/mol. The summed E-state index contributed by atoms with van der Waals surface area (Å²) in [5.74, 6) is -0.257. The first-order chi connectivity index (χ1) is 14.4. The molecule has 0 spiro atoms. The number of nitrogens with zero attached hydrogens (tertiary/aromatic N) is 3. The Morgan fingerprint density at radius 1 is 1.07 bits per heavy atom. The van der Waals surface area contributed by atoms with Crippen molar-refractivity contribution in [3.63, 3.8) is 0 Å². The van der Waals surface area contributed by atoms with Gasteiger partial charge in [0.25, 0.3) is 0 Å². The molecule has 1 fully saturated rings. The maximum atomic E-state index is 12.5. The van der Waals surface area contributed by atoms with Gasteiger partial charge in [-0.3, -0.25) is 10.3 Å². The Morgan fingerprint density at radius 3 is 2.40 bits per heavy atom. The molecule has 4 rings (SSSR count). The Hall–Kier alpha value is -2.52. The topological polar surface area (TPSA) is 44.5 Å². The van der Waals surface area contributed by atoms with Crippen LogP contribution in [0.4, 0.5) is 18.9 Å². The highest BCUT2D eigenvalue weighted by atomic mass is 32.1. The number of rotatable bonds is 5. The molecule has 1 N–H and O–H groups in total. The molecule has 0 amide bonds. The number of benzene rings is 2. The number of piperazine rings is 1. The van der Waals surface area contributed by atoms with E-state index in [2.05, 4.69) is 33.6 Å². The van der Waals surface area contributed by atoms with Crippen molar-refractivity contribution < 1.29 is 17.9 Å². The molecule has 1 aromatic heterocycles. The number of hydrogen-bond acceptors (Lipinski definition) is 5. The van der Waals surface area contributed by atoms with Gasteiger partial charge in [0.15, 0.2) is 4.80 Å². The SMILES string of the molecule is CCC(N1CCN(c2ccccc2)CC1)n1c(=N)sc2cc(OC(F)(F)F)ccc21. The molecule has 5 nitrogen and oxygen atoms in total. The molecule has 160 valence electrons. The number of para-hydroxylation sites is 1. The third kappa shape index (κ3) is 4.32. The number of alkyl halides is 3. The molecule has 3 aromatic rings. The predicted octanol–water partition coefficient (Wildman–Crippen LogP) is 4.81. The van der Waals surface area contributed by atoms with E-state index in [1.165, 1.54) is 29.2 Å². The average molecular weight is 437 g/mol. The van der Waals surface area contributed by atoms with Crippen LogP contribution in [0.15, 0.2) is 48.5 Å². The molecule has 0 saturated carbocycles. The van der Waals surface area contributed by atoms with Crippen LogP contribution in [0.25, 0.3) is 10.2 Å². The van der Waals surface area contributed by atoms with Gasteiger partial charge in [-0.2, -0.15) is 0 Å². The van der Waals surface area contributed by atoms with E-state index in [4.69, 9.17) is 5.41 Å². The Labute approximate surface area is 176 Å². The smallest absolute Gasteiger partial charge is 0.406 e. The van der Waals surface area contributed by atoms with Gasteiger partial charge in [-0.25, -0.2) is 0 Å². The number of halogens is 3. The maximum Gasteiger partial charge on any atom is 0.573 e. The third-order valence-electron chi connectivity index (χ3n) is 5.37. The van der Waals surface area contributed by atoms with Crippen LogP contribution < -0.4 is 14.4 Å². The first kappa shape index (κ1) is 20.7. The molecule has 1 saturated heterocycles. The number of thiazole rings is 1. The van der Waals surface area contributed by atoms with Crippen LogP contribution in [0.3, 0.4) is 0 Å². The van der Waals surface area contributed by atoms with Crippen molar-refractivity contribution in [1.82, 2.24) is 9.47 Å². The number of ether oxygens (including phenoxy) is 1. The minimum Gasteiger partial charge on any atom is -0.406 e. The first-order valence-electron chi connectivity index (χ1n) is 9.85. The van der Waals surface area contributed by atoms with Crippen molar-refractivity contribution in [3.05, 3.63) is 53.3 Å². The van der Waals surface area contributed by atoms with E-state index >= 15 is 0 Å². The molecule has 1 aliphatic heterocycles. The second-order valence-corrected chi connectivity index (χ2v) is 8.23. The fourth-order valence-corrected chi connectivity index (χ4v) is 5.02. The Balaban J connectivity index is 1.56. The minimum atomic E-state index is -4.73. The average Bonchev–Trinajstić information content (AvgIpc) is 3.04. The summed E-state index contributed by atoms with van der Waals surface area (Å²) in [4.78, 5) is 5.03. The van der Waals surface area contributed by atoms with Crippen LogP contribution in [-0.2, 0) is 0 Å². The lowest BCUT2D eigenvalue weighted by Crippen LogP contribution is -2.49. The normalized spacial score (nSPS) is 16.7. The predicted molar refractivity (Wildman–Crippen MR) is 112 cm³/mol. The molecule has 1 atom stereocenters. The summed E-state index contributed by atoms with van der Waals surface area (Å²) in [6.07, 6.45) is -3.94. The third-order valence-corrected chi connectivity index (χ3v) is 6.31. The monoisotopic (exact) mass is 436 g/mol. The zero-order chi connectivity index (χ0) is 21.3. The van der Waals surface area contributed by atoms with Gasteiger partial charge >= 0.3 is 6.36 Å². The van der Waals surface area contributed by atoms with Gasteiger partial charge in [0.05, 0.1) is 16.4 Å². The quantitative estimate of drug-likeness (QED) is 0.624. The van der Waals surface area contributed by atoms with Gasteiger partial charge in [0.2, 0.25) is 0 Å². The van der Waals surface area contributed by atoms with Gasteiger partial charge in [-0.15, -0.1) is 13.2 Å². The lowest BCUT2D eigenvalue weighted by atomic mass is 10.2. The van der Waals surface area contributed by atoms with Crippen molar-refractivity contribution >= 4 is 27.2 Å². The molecule has 0 bridgehead atoms. The fraction of sp³-hybridized carbons (Fsp3) is 0.381. The van der Waals surface area contributed by atoms with Crippen molar-refractivity contribution in [2.75, 3.05) is 31.1 Å². The van der Waals surface area contributed by atoms with Gasteiger partial charge in [0, 0.05) is 31.9 Å². The van der Waals surface area contributed by atoms with E-state index in [1.54, 1.807) is 6.07 Å².